The zero-order chi connectivity index (χ0) is 38.3. The Bertz CT molecular complexity index is 2830. The molecule has 0 saturated heterocycles. The molecule has 8 aromatic carbocycles. The zero-order valence-electron chi connectivity index (χ0n) is 31.9. The van der Waals surface area contributed by atoms with Crippen LogP contribution in [0.15, 0.2) is 211 Å². The normalized spacial score (nSPS) is 13.0. The second-order valence-electron chi connectivity index (χ2n) is 14.8. The maximum Gasteiger partial charge on any atom is 0.0714 e. The van der Waals surface area contributed by atoms with E-state index in [2.05, 4.69) is 219 Å². The molecule has 1 aromatic heterocycles. The molecule has 10 rings (SSSR count). The molecule has 1 aliphatic carbocycles. The molecule has 272 valence electrons. The third-order valence-electron chi connectivity index (χ3n) is 11.5. The second kappa shape index (κ2) is 14.4. The maximum atomic E-state index is 5.01. The third-order valence-corrected chi connectivity index (χ3v) is 12.6. The number of aliphatic imine (C=N–C) groups is 1. The van der Waals surface area contributed by atoms with E-state index in [0.717, 1.165) is 34.0 Å². The van der Waals surface area contributed by atoms with Crippen LogP contribution in [0.5, 0.6) is 0 Å². The van der Waals surface area contributed by atoms with E-state index in [1.165, 1.54) is 59.5 Å². The Morgan fingerprint density at radius 1 is 0.509 bits per heavy atom. The molecule has 0 saturated carbocycles. The van der Waals surface area contributed by atoms with Crippen LogP contribution in [0.2, 0.25) is 0 Å². The average molecular weight is 749 g/mol. The summed E-state index contributed by atoms with van der Waals surface area (Å²) in [4.78, 5) is 8.68. The Balaban J connectivity index is 1.14. The number of thiophene rings is 1. The van der Waals surface area contributed by atoms with Gasteiger partial charge in [0.25, 0.3) is 0 Å². The first-order valence-electron chi connectivity index (χ1n) is 19.5. The molecule has 0 N–H and O–H groups in total. The largest absolute Gasteiger partial charge is 0.310 e. The number of hydrogen-bond donors (Lipinski definition) is 0. The number of fused-ring (bicyclic) bond motifs is 4. The van der Waals surface area contributed by atoms with Crippen molar-refractivity contribution in [2.24, 2.45) is 4.99 Å². The van der Waals surface area contributed by atoms with Gasteiger partial charge in [-0.2, -0.15) is 0 Å². The third kappa shape index (κ3) is 5.99. The quantitative estimate of drug-likeness (QED) is 0.141. The monoisotopic (exact) mass is 748 g/mol. The minimum absolute atomic E-state index is 0.492. The predicted molar refractivity (Wildman–Crippen MR) is 242 cm³/mol. The molecule has 0 spiro atoms. The molecule has 1 aliphatic rings. The molecule has 0 atom stereocenters. The molecule has 0 aliphatic heterocycles. The van der Waals surface area contributed by atoms with E-state index in [4.69, 9.17) is 4.99 Å². The molecule has 9 aromatic rings. The van der Waals surface area contributed by atoms with Crippen LogP contribution in [0.25, 0.3) is 31.7 Å². The molecule has 0 amide bonds. The van der Waals surface area contributed by atoms with Crippen LogP contribution in [0.4, 0.5) is 22.7 Å². The van der Waals surface area contributed by atoms with Crippen LogP contribution >= 0.6 is 11.3 Å². The molecule has 0 bridgehead atoms. The molecule has 0 unspecified atom stereocenters. The lowest BCUT2D eigenvalue weighted by Gasteiger charge is -2.35. The summed E-state index contributed by atoms with van der Waals surface area (Å²) in [6, 6.07) is 75.2. The molecule has 57 heavy (non-hydrogen) atoms. The minimum Gasteiger partial charge on any atom is -0.310 e. The number of hydrogen-bond acceptors (Lipinski definition) is 3. The van der Waals surface area contributed by atoms with Gasteiger partial charge in [0.1, 0.15) is 0 Å². The highest BCUT2D eigenvalue weighted by Crippen LogP contribution is 2.57. The van der Waals surface area contributed by atoms with Crippen molar-refractivity contribution >= 4 is 49.9 Å². The van der Waals surface area contributed by atoms with E-state index in [-0.39, 0.29) is 0 Å². The smallest absolute Gasteiger partial charge is 0.0714 e. The summed E-state index contributed by atoms with van der Waals surface area (Å²) in [6.07, 6.45) is 0. The van der Waals surface area contributed by atoms with E-state index < -0.39 is 5.41 Å². The van der Waals surface area contributed by atoms with Gasteiger partial charge in [0.15, 0.2) is 0 Å². The summed E-state index contributed by atoms with van der Waals surface area (Å²) in [5.74, 6) is 0. The number of para-hydroxylation sites is 1. The summed E-state index contributed by atoms with van der Waals surface area (Å²) in [5, 5.41) is 1.28. The predicted octanol–water partition coefficient (Wildman–Crippen LogP) is 14.9. The SMILES string of the molecule is CC(=Nc1ccccc1C)c1ccc(N(c2ccc(-c3cc4ccccc4s3)cc2)c2ccc3c(c2)C(c2ccccc2)(c2ccccc2)c2ccccc2-3)cc1. The van der Waals surface area contributed by atoms with Gasteiger partial charge in [0.2, 0.25) is 0 Å². The standard InChI is InChI=1S/C54H40N2S/c1-37-15-9-13-23-51(37)55-38(2)39-25-29-44(30-26-39)56(45-31-27-40(28-32-45)53-35-41-16-10-14-24-52(41)57-53)46-33-34-48-47-21-11-12-22-49(47)54(50(48)36-46,42-17-5-3-6-18-42)43-19-7-4-8-20-43/h3-36H,1-2H3. The topological polar surface area (TPSA) is 15.6 Å². The highest BCUT2D eigenvalue weighted by molar-refractivity contribution is 7.22. The van der Waals surface area contributed by atoms with Crippen molar-refractivity contribution in [1.29, 1.82) is 0 Å². The number of benzene rings is 8. The zero-order valence-corrected chi connectivity index (χ0v) is 32.7. The van der Waals surface area contributed by atoms with E-state index in [9.17, 15) is 0 Å². The first kappa shape index (κ1) is 34.7. The molecule has 2 nitrogen and oxygen atoms in total. The van der Waals surface area contributed by atoms with Crippen LogP contribution in [0.3, 0.4) is 0 Å². The van der Waals surface area contributed by atoms with Gasteiger partial charge in [-0.3, -0.25) is 4.99 Å². The molecular weight excluding hydrogens is 709 g/mol. The fourth-order valence-corrected chi connectivity index (χ4v) is 9.77. The lowest BCUT2D eigenvalue weighted by molar-refractivity contribution is 0.768. The summed E-state index contributed by atoms with van der Waals surface area (Å²) in [5.41, 5.74) is 15.9. The minimum atomic E-state index is -0.492. The van der Waals surface area contributed by atoms with Crippen molar-refractivity contribution in [2.75, 3.05) is 4.90 Å². The van der Waals surface area contributed by atoms with E-state index >= 15 is 0 Å². The Labute approximate surface area is 338 Å². The fourth-order valence-electron chi connectivity index (χ4n) is 8.70. The van der Waals surface area contributed by atoms with Gasteiger partial charge in [0.05, 0.1) is 11.1 Å². The second-order valence-corrected chi connectivity index (χ2v) is 15.9. The lowest BCUT2D eigenvalue weighted by atomic mass is 9.67. The number of aryl methyl sites for hydroxylation is 1. The summed E-state index contributed by atoms with van der Waals surface area (Å²) < 4.78 is 1.30. The van der Waals surface area contributed by atoms with Crippen LogP contribution in [-0.4, -0.2) is 5.71 Å². The highest BCUT2D eigenvalue weighted by Gasteiger charge is 2.46. The Morgan fingerprint density at radius 2 is 1.09 bits per heavy atom. The van der Waals surface area contributed by atoms with Crippen LogP contribution in [0.1, 0.15) is 40.3 Å². The van der Waals surface area contributed by atoms with E-state index in [0.29, 0.717) is 0 Å². The van der Waals surface area contributed by atoms with Crippen LogP contribution in [-0.2, 0) is 5.41 Å². The summed E-state index contributed by atoms with van der Waals surface area (Å²) in [6.45, 7) is 4.20. The van der Waals surface area contributed by atoms with E-state index in [1.807, 2.05) is 17.4 Å². The first-order valence-corrected chi connectivity index (χ1v) is 20.4. The van der Waals surface area contributed by atoms with Crippen LogP contribution < -0.4 is 4.90 Å². The van der Waals surface area contributed by atoms with E-state index in [1.54, 1.807) is 0 Å². The fraction of sp³-hybridized carbons (Fsp3) is 0.0556. The number of anilines is 3. The van der Waals surface area contributed by atoms with Gasteiger partial charge in [-0.25, -0.2) is 0 Å². The van der Waals surface area contributed by atoms with Crippen molar-refractivity contribution in [3.63, 3.8) is 0 Å². The lowest BCUT2D eigenvalue weighted by Crippen LogP contribution is -2.28. The molecular formula is C54H40N2S. The van der Waals surface area contributed by atoms with Gasteiger partial charge in [-0.1, -0.05) is 152 Å². The van der Waals surface area contributed by atoms with Crippen molar-refractivity contribution in [2.45, 2.75) is 19.3 Å². The van der Waals surface area contributed by atoms with Gasteiger partial charge >= 0.3 is 0 Å². The summed E-state index contributed by atoms with van der Waals surface area (Å²) >= 11 is 1.84. The number of rotatable bonds is 8. The van der Waals surface area contributed by atoms with Gasteiger partial charge in [-0.15, -0.1) is 11.3 Å². The van der Waals surface area contributed by atoms with Crippen molar-refractivity contribution in [3.8, 4) is 21.6 Å². The molecule has 0 radical (unpaired) electrons. The van der Waals surface area contributed by atoms with Crippen molar-refractivity contribution in [3.05, 3.63) is 240 Å². The Morgan fingerprint density at radius 3 is 1.79 bits per heavy atom. The van der Waals surface area contributed by atoms with Crippen LogP contribution in [0, 0.1) is 6.92 Å². The molecule has 1 heterocycles. The average Bonchev–Trinajstić information content (AvgIpc) is 3.84. The molecule has 3 heteroatoms. The Hall–Kier alpha value is -6.81. The Kier molecular flexibility index (Phi) is 8.73. The highest BCUT2D eigenvalue weighted by atomic mass is 32.1. The summed E-state index contributed by atoms with van der Waals surface area (Å²) in [7, 11) is 0. The first-order chi connectivity index (χ1) is 28.1. The van der Waals surface area contributed by atoms with Gasteiger partial charge in [0, 0.05) is 32.4 Å². The molecule has 0 fully saturated rings. The maximum absolute atomic E-state index is 5.01. The van der Waals surface area contributed by atoms with Crippen molar-refractivity contribution < 1.29 is 0 Å². The van der Waals surface area contributed by atoms with Gasteiger partial charge in [-0.05, 0) is 124 Å². The number of nitrogens with zero attached hydrogens (tertiary/aromatic N) is 2. The van der Waals surface area contributed by atoms with Crippen molar-refractivity contribution in [1.82, 2.24) is 0 Å². The van der Waals surface area contributed by atoms with Gasteiger partial charge < -0.3 is 4.90 Å².